The first-order chi connectivity index (χ1) is 4.74. The Morgan fingerprint density at radius 3 is 2.90 bits per heavy atom. The van der Waals surface area contributed by atoms with Crippen molar-refractivity contribution >= 4 is 22.4 Å². The molecule has 0 saturated heterocycles. The van der Waals surface area contributed by atoms with E-state index in [4.69, 9.17) is 0 Å². The maximum absolute atomic E-state index is 9.85. The molecule has 1 rings (SSSR count). The number of imidazole rings is 1. The van der Waals surface area contributed by atoms with Crippen LogP contribution < -0.4 is 4.74 Å². The minimum atomic E-state index is 0.354. The van der Waals surface area contributed by atoms with E-state index in [1.165, 1.54) is 0 Å². The van der Waals surface area contributed by atoms with Crippen molar-refractivity contribution in [3.63, 3.8) is 0 Å². The highest BCUT2D eigenvalue weighted by atomic mass is 79.9. The van der Waals surface area contributed by atoms with Crippen molar-refractivity contribution in [2.75, 3.05) is 0 Å². The molecule has 0 atom stereocenters. The largest absolute Gasteiger partial charge is 0.410 e. The van der Waals surface area contributed by atoms with Crippen LogP contribution in [0.3, 0.4) is 0 Å². The van der Waals surface area contributed by atoms with Crippen molar-refractivity contribution in [2.24, 2.45) is 0 Å². The van der Waals surface area contributed by atoms with E-state index < -0.39 is 0 Å². The normalized spacial score (nSPS) is 9.40. The van der Waals surface area contributed by atoms with Gasteiger partial charge in [-0.1, -0.05) is 0 Å². The van der Waals surface area contributed by atoms with E-state index in [1.54, 1.807) is 6.92 Å². The van der Waals surface area contributed by atoms with Crippen molar-refractivity contribution in [1.29, 1.82) is 0 Å². The lowest BCUT2D eigenvalue weighted by Crippen LogP contribution is -1.89. The number of carbonyl (C=O) groups excluding carboxylic acids is 1. The molecule has 0 amide bonds. The summed E-state index contributed by atoms with van der Waals surface area (Å²) in [5.74, 6) is 0.377. The monoisotopic (exact) mass is 204 g/mol. The Morgan fingerprint density at radius 2 is 2.50 bits per heavy atom. The first-order valence-electron chi connectivity index (χ1n) is 2.56. The highest BCUT2D eigenvalue weighted by Gasteiger charge is 2.03. The molecule has 1 aromatic heterocycles. The van der Waals surface area contributed by atoms with E-state index in [-0.39, 0.29) is 0 Å². The lowest BCUT2D eigenvalue weighted by molar-refractivity contribution is -0.120. The molecule has 0 aliphatic rings. The molecule has 54 valence electrons. The van der Waals surface area contributed by atoms with Crippen LogP contribution in [-0.4, -0.2) is 16.4 Å². The SMILES string of the molecule is Cc1nc(Br)[nH]c1OC=O. The molecule has 0 unspecified atom stereocenters. The zero-order valence-electron chi connectivity index (χ0n) is 5.22. The van der Waals surface area contributed by atoms with Gasteiger partial charge in [0, 0.05) is 0 Å². The maximum atomic E-state index is 9.85. The van der Waals surface area contributed by atoms with Gasteiger partial charge in [0.2, 0.25) is 5.88 Å². The number of carbonyl (C=O) groups is 1. The van der Waals surface area contributed by atoms with Crippen LogP contribution in [0, 0.1) is 6.92 Å². The number of nitrogens with zero attached hydrogens (tertiary/aromatic N) is 1. The molecular weight excluding hydrogens is 200 g/mol. The van der Waals surface area contributed by atoms with Gasteiger partial charge in [-0.05, 0) is 22.9 Å². The third-order valence-corrected chi connectivity index (χ3v) is 1.35. The second kappa shape index (κ2) is 2.83. The second-order valence-corrected chi connectivity index (χ2v) is 2.41. The Bertz CT molecular complexity index is 246. The van der Waals surface area contributed by atoms with Gasteiger partial charge in [0.25, 0.3) is 6.47 Å². The summed E-state index contributed by atoms with van der Waals surface area (Å²) < 4.78 is 5.09. The van der Waals surface area contributed by atoms with E-state index >= 15 is 0 Å². The van der Waals surface area contributed by atoms with E-state index in [0.29, 0.717) is 22.8 Å². The van der Waals surface area contributed by atoms with Gasteiger partial charge in [-0.25, -0.2) is 4.98 Å². The number of hydrogen-bond acceptors (Lipinski definition) is 3. The second-order valence-electron chi connectivity index (χ2n) is 1.66. The van der Waals surface area contributed by atoms with Gasteiger partial charge in [0.05, 0.1) is 0 Å². The standard InChI is InChI=1S/C5H5BrN2O2/c1-3-4(10-2-9)8-5(6)7-3/h2H,1H3,(H,7,8). The number of aromatic nitrogens is 2. The number of ether oxygens (including phenoxy) is 1. The number of hydrogen-bond donors (Lipinski definition) is 1. The molecule has 4 nitrogen and oxygen atoms in total. The summed E-state index contributed by atoms with van der Waals surface area (Å²) in [5, 5.41) is 0. The number of H-pyrrole nitrogens is 1. The fourth-order valence-electron chi connectivity index (χ4n) is 0.573. The van der Waals surface area contributed by atoms with E-state index in [2.05, 4.69) is 30.6 Å². The smallest absolute Gasteiger partial charge is 0.299 e. The van der Waals surface area contributed by atoms with Crippen LogP contribution in [0.5, 0.6) is 5.88 Å². The van der Waals surface area contributed by atoms with Crippen molar-refractivity contribution in [2.45, 2.75) is 6.92 Å². The number of aromatic amines is 1. The lowest BCUT2D eigenvalue weighted by atomic mass is 10.5. The van der Waals surface area contributed by atoms with Crippen LogP contribution >= 0.6 is 15.9 Å². The number of rotatable bonds is 2. The molecule has 1 N–H and O–H groups in total. The molecule has 1 heterocycles. The fraction of sp³-hybridized carbons (Fsp3) is 0.200. The lowest BCUT2D eigenvalue weighted by Gasteiger charge is -1.89. The van der Waals surface area contributed by atoms with Crippen LogP contribution in [0.2, 0.25) is 0 Å². The summed E-state index contributed by atoms with van der Waals surface area (Å²) in [5.41, 5.74) is 0.652. The third kappa shape index (κ3) is 1.36. The molecule has 0 saturated carbocycles. The van der Waals surface area contributed by atoms with Gasteiger partial charge >= 0.3 is 0 Å². The average Bonchev–Trinajstić information content (AvgIpc) is 2.13. The van der Waals surface area contributed by atoms with Crippen LogP contribution in [0.15, 0.2) is 4.73 Å². The summed E-state index contributed by atoms with van der Waals surface area (Å²) >= 11 is 3.09. The Labute approximate surface area is 65.7 Å². The Kier molecular flexibility index (Phi) is 2.06. The molecular formula is C5H5BrN2O2. The van der Waals surface area contributed by atoms with E-state index in [9.17, 15) is 4.79 Å². The first-order valence-corrected chi connectivity index (χ1v) is 3.35. The molecule has 0 fully saturated rings. The topological polar surface area (TPSA) is 55.0 Å². The van der Waals surface area contributed by atoms with Crippen LogP contribution in [0.4, 0.5) is 0 Å². The van der Waals surface area contributed by atoms with Crippen LogP contribution in [0.1, 0.15) is 5.69 Å². The Hall–Kier alpha value is -0.840. The first kappa shape index (κ1) is 7.27. The van der Waals surface area contributed by atoms with E-state index in [1.807, 2.05) is 0 Å². The Morgan fingerprint density at radius 1 is 1.80 bits per heavy atom. The number of nitrogens with one attached hydrogen (secondary N) is 1. The highest BCUT2D eigenvalue weighted by Crippen LogP contribution is 2.15. The maximum Gasteiger partial charge on any atom is 0.299 e. The van der Waals surface area contributed by atoms with Gasteiger partial charge in [-0.15, -0.1) is 0 Å². The van der Waals surface area contributed by atoms with Gasteiger partial charge in [-0.2, -0.15) is 0 Å². The summed E-state index contributed by atoms with van der Waals surface area (Å²) in [6, 6.07) is 0. The zero-order chi connectivity index (χ0) is 7.56. The van der Waals surface area contributed by atoms with Crippen molar-refractivity contribution in [1.82, 2.24) is 9.97 Å². The number of halogens is 1. The molecule has 0 bridgehead atoms. The average molecular weight is 205 g/mol. The van der Waals surface area contributed by atoms with Crippen LogP contribution in [-0.2, 0) is 4.79 Å². The summed E-state index contributed by atoms with van der Waals surface area (Å²) in [6.45, 7) is 2.09. The summed E-state index contributed by atoms with van der Waals surface area (Å²) in [4.78, 5) is 16.5. The van der Waals surface area contributed by atoms with E-state index in [0.717, 1.165) is 0 Å². The Balaban J connectivity index is 2.91. The quantitative estimate of drug-likeness (QED) is 0.733. The molecule has 0 aromatic carbocycles. The molecule has 0 aliphatic carbocycles. The minimum Gasteiger partial charge on any atom is -0.410 e. The van der Waals surface area contributed by atoms with Crippen molar-refractivity contribution in [3.8, 4) is 5.88 Å². The molecule has 0 aliphatic heterocycles. The predicted molar refractivity (Wildman–Crippen MR) is 37.7 cm³/mol. The van der Waals surface area contributed by atoms with Gasteiger partial charge in [0.15, 0.2) is 4.73 Å². The van der Waals surface area contributed by atoms with Crippen molar-refractivity contribution in [3.05, 3.63) is 10.4 Å². The molecule has 0 radical (unpaired) electrons. The zero-order valence-corrected chi connectivity index (χ0v) is 6.81. The molecule has 1 aromatic rings. The van der Waals surface area contributed by atoms with Crippen molar-refractivity contribution < 1.29 is 9.53 Å². The molecule has 10 heavy (non-hydrogen) atoms. The molecule has 0 spiro atoms. The minimum absolute atomic E-state index is 0.354. The highest BCUT2D eigenvalue weighted by molar-refractivity contribution is 9.10. The summed E-state index contributed by atoms with van der Waals surface area (Å²) in [7, 11) is 0. The summed E-state index contributed by atoms with van der Waals surface area (Å²) in [6.07, 6.45) is 0. The fourth-order valence-corrected chi connectivity index (χ4v) is 1.02. The van der Waals surface area contributed by atoms with Gasteiger partial charge in [0.1, 0.15) is 5.69 Å². The predicted octanol–water partition coefficient (Wildman–Crippen LogP) is 1.02. The van der Waals surface area contributed by atoms with Gasteiger partial charge < -0.3 is 9.72 Å². The number of aryl methyl sites for hydroxylation is 1. The molecule has 5 heteroatoms. The van der Waals surface area contributed by atoms with Crippen LogP contribution in [0.25, 0.3) is 0 Å². The third-order valence-electron chi connectivity index (χ3n) is 0.977. The van der Waals surface area contributed by atoms with Gasteiger partial charge in [-0.3, -0.25) is 4.79 Å².